The zero-order valence-corrected chi connectivity index (χ0v) is 28.5. The first kappa shape index (κ1) is 36.8. The summed E-state index contributed by atoms with van der Waals surface area (Å²) in [5.74, 6) is -1.17. The first-order valence-corrected chi connectivity index (χ1v) is 16.9. The Morgan fingerprint density at radius 3 is 2.26 bits per heavy atom. The molecule has 1 aromatic carbocycles. The fourth-order valence-corrected chi connectivity index (χ4v) is 8.67. The average Bonchev–Trinajstić information content (AvgIpc) is 3.00. The molecule has 2 amide bonds. The van der Waals surface area contributed by atoms with Crippen LogP contribution in [0.3, 0.4) is 0 Å². The van der Waals surface area contributed by atoms with E-state index in [0.717, 1.165) is 24.8 Å². The van der Waals surface area contributed by atoms with Crippen molar-refractivity contribution in [3.63, 3.8) is 0 Å². The number of aryl methyl sites for hydroxylation is 1. The minimum Gasteiger partial charge on any atom is -0.508 e. The van der Waals surface area contributed by atoms with Crippen molar-refractivity contribution in [3.8, 4) is 5.75 Å². The first-order chi connectivity index (χ1) is 21.9. The van der Waals surface area contributed by atoms with Crippen LogP contribution < -0.4 is 10.6 Å². The van der Waals surface area contributed by atoms with Gasteiger partial charge in [-0.25, -0.2) is 4.79 Å². The molecule has 11 nitrogen and oxygen atoms in total. The van der Waals surface area contributed by atoms with Crippen LogP contribution in [0.5, 0.6) is 5.75 Å². The number of fused-ring (bicyclic) bond motifs is 3. The lowest BCUT2D eigenvalue weighted by Gasteiger charge is -2.71. The van der Waals surface area contributed by atoms with Crippen molar-refractivity contribution in [2.75, 3.05) is 13.1 Å². The maximum Gasteiger partial charge on any atom is 0.407 e. The molecule has 0 aromatic heterocycles. The Balaban J connectivity index is 1.32. The van der Waals surface area contributed by atoms with E-state index in [-0.39, 0.29) is 18.1 Å². The smallest absolute Gasteiger partial charge is 0.407 e. The Bertz CT molecular complexity index is 1320. The molecule has 1 aromatic rings. The summed E-state index contributed by atoms with van der Waals surface area (Å²) < 4.78 is 12.3. The Morgan fingerprint density at radius 2 is 1.64 bits per heavy atom. The molecule has 1 heterocycles. The molecular weight excluding hydrogens is 604 g/mol. The van der Waals surface area contributed by atoms with Crippen molar-refractivity contribution in [2.45, 2.75) is 128 Å². The van der Waals surface area contributed by atoms with Gasteiger partial charge in [0.1, 0.15) is 11.4 Å². The highest BCUT2D eigenvalue weighted by Gasteiger charge is 2.81. The van der Waals surface area contributed by atoms with E-state index in [9.17, 15) is 34.8 Å². The summed E-state index contributed by atoms with van der Waals surface area (Å²) in [5.41, 5.74) is -6.46. The number of phenols is 1. The van der Waals surface area contributed by atoms with Crippen LogP contribution in [0.15, 0.2) is 36.9 Å². The second-order valence-corrected chi connectivity index (χ2v) is 15.0. The van der Waals surface area contributed by atoms with Crippen LogP contribution >= 0.6 is 0 Å². The first-order valence-electron chi connectivity index (χ1n) is 16.9. The minimum atomic E-state index is -2.27. The average molecular weight is 659 g/mol. The van der Waals surface area contributed by atoms with Crippen molar-refractivity contribution in [1.29, 1.82) is 0 Å². The van der Waals surface area contributed by atoms with Gasteiger partial charge in [0.15, 0.2) is 17.5 Å². The van der Waals surface area contributed by atoms with Gasteiger partial charge in [0.2, 0.25) is 5.91 Å². The van der Waals surface area contributed by atoms with Crippen LogP contribution in [0.1, 0.15) is 91.5 Å². The van der Waals surface area contributed by atoms with Gasteiger partial charge in [0.25, 0.3) is 0 Å². The van der Waals surface area contributed by atoms with Gasteiger partial charge >= 0.3 is 6.09 Å². The molecule has 11 heteroatoms. The lowest BCUT2D eigenvalue weighted by atomic mass is 9.40. The summed E-state index contributed by atoms with van der Waals surface area (Å²) in [6, 6.07) is 6.80. The van der Waals surface area contributed by atoms with Gasteiger partial charge in [-0.1, -0.05) is 51.8 Å². The van der Waals surface area contributed by atoms with E-state index in [2.05, 4.69) is 17.2 Å². The van der Waals surface area contributed by atoms with Crippen molar-refractivity contribution < 1.29 is 44.3 Å². The molecule has 262 valence electrons. The number of Topliss-reactive ketones (excluding diaryl/α,β-unsaturated/α-hetero) is 1. The van der Waals surface area contributed by atoms with Crippen LogP contribution in [-0.2, 0) is 25.5 Å². The molecule has 47 heavy (non-hydrogen) atoms. The van der Waals surface area contributed by atoms with E-state index >= 15 is 0 Å². The maximum atomic E-state index is 14.0. The lowest BCUT2D eigenvalue weighted by Crippen LogP contribution is -2.86. The van der Waals surface area contributed by atoms with Crippen LogP contribution in [-0.4, -0.2) is 86.4 Å². The van der Waals surface area contributed by atoms with Crippen molar-refractivity contribution in [2.24, 2.45) is 16.7 Å². The van der Waals surface area contributed by atoms with Gasteiger partial charge in [-0.2, -0.15) is 0 Å². The second-order valence-electron chi connectivity index (χ2n) is 15.0. The summed E-state index contributed by atoms with van der Waals surface area (Å²) in [6.45, 7) is 13.3. The van der Waals surface area contributed by atoms with Crippen LogP contribution in [0.4, 0.5) is 4.79 Å². The van der Waals surface area contributed by atoms with Gasteiger partial charge in [-0.05, 0) is 69.1 Å². The highest BCUT2D eigenvalue weighted by atomic mass is 16.6. The van der Waals surface area contributed by atoms with Crippen molar-refractivity contribution in [1.82, 2.24) is 10.6 Å². The van der Waals surface area contributed by atoms with Gasteiger partial charge in [-0.15, -0.1) is 6.58 Å². The normalized spacial score (nSPS) is 36.0. The Kier molecular flexibility index (Phi) is 10.9. The van der Waals surface area contributed by atoms with E-state index in [1.54, 1.807) is 38.1 Å². The summed E-state index contributed by atoms with van der Waals surface area (Å²) in [7, 11) is 0. The van der Waals surface area contributed by atoms with Gasteiger partial charge in [0, 0.05) is 37.3 Å². The molecule has 0 spiro atoms. The fourth-order valence-electron chi connectivity index (χ4n) is 8.67. The number of hydrogen-bond acceptors (Lipinski definition) is 9. The predicted octanol–water partition coefficient (Wildman–Crippen LogP) is 3.70. The lowest BCUT2D eigenvalue weighted by molar-refractivity contribution is -0.369. The summed E-state index contributed by atoms with van der Waals surface area (Å²) >= 11 is 0. The number of nitrogens with one attached hydrogen (secondary N) is 2. The third-order valence-electron chi connectivity index (χ3n) is 11.2. The van der Waals surface area contributed by atoms with Crippen molar-refractivity contribution in [3.05, 3.63) is 42.5 Å². The van der Waals surface area contributed by atoms with E-state index in [1.807, 2.05) is 13.8 Å². The largest absolute Gasteiger partial charge is 0.508 e. The number of alkyl carbamates (subject to hydrolysis) is 1. The zero-order chi connectivity index (χ0) is 34.8. The second kappa shape index (κ2) is 13.9. The number of ether oxygens (including phenoxy) is 2. The van der Waals surface area contributed by atoms with E-state index in [1.165, 1.54) is 13.0 Å². The summed E-state index contributed by atoms with van der Waals surface area (Å²) in [4.78, 5) is 39.3. The van der Waals surface area contributed by atoms with E-state index < -0.39 is 63.7 Å². The molecule has 4 rings (SSSR count). The Morgan fingerprint density at radius 1 is 1.02 bits per heavy atom. The fraction of sp³-hybridized carbons (Fsp3) is 0.694. The van der Waals surface area contributed by atoms with Crippen molar-refractivity contribution >= 4 is 17.8 Å². The van der Waals surface area contributed by atoms with Crippen LogP contribution in [0.25, 0.3) is 0 Å². The van der Waals surface area contributed by atoms with Gasteiger partial charge in [0.05, 0.1) is 17.8 Å². The standard InChI is InChI=1S/C36H54N2O9/c1-7-33(4)22-26(41)36(45)34(5)25(40)18-19-32(2,3)29(34)28(43)30(35(36,6)47-33)46-31(44)38-21-11-9-8-10-20-37-27(42)17-14-23-12-15-24(39)16-13-23/h7,12-13,15-16,25,28-30,39-40,43,45H,1,8-11,14,17-22H2,2-6H3,(H,37,42)(H,38,44)/t25-,28-,29-,30-,33-,34-,35+,36-/m0/s1. The van der Waals surface area contributed by atoms with E-state index in [4.69, 9.17) is 9.47 Å². The number of aliphatic hydroxyl groups excluding tert-OH is 2. The number of carbonyl (C=O) groups excluding carboxylic acids is 3. The number of ketones is 1. The zero-order valence-electron chi connectivity index (χ0n) is 28.5. The number of hydrogen-bond donors (Lipinski definition) is 6. The van der Waals surface area contributed by atoms with Crippen LogP contribution in [0.2, 0.25) is 0 Å². The molecule has 2 saturated carbocycles. The topological polar surface area (TPSA) is 175 Å². The summed E-state index contributed by atoms with van der Waals surface area (Å²) in [6.07, 6.45) is 1.53. The van der Waals surface area contributed by atoms with Gasteiger partial charge in [-0.3, -0.25) is 9.59 Å². The quantitative estimate of drug-likeness (QED) is 0.145. The molecular formula is C36H54N2O9. The molecule has 6 N–H and O–H groups in total. The highest BCUT2D eigenvalue weighted by Crippen LogP contribution is 2.67. The minimum absolute atomic E-state index is 0.0310. The molecule has 1 aliphatic heterocycles. The molecule has 8 atom stereocenters. The number of benzene rings is 1. The van der Waals surface area contributed by atoms with Gasteiger partial charge < -0.3 is 40.5 Å². The molecule has 0 bridgehead atoms. The van der Waals surface area contributed by atoms with E-state index in [0.29, 0.717) is 45.2 Å². The summed E-state index contributed by atoms with van der Waals surface area (Å²) in [5, 5.41) is 50.8. The molecule has 3 fully saturated rings. The monoisotopic (exact) mass is 658 g/mol. The molecule has 1 saturated heterocycles. The number of amides is 2. The number of rotatable bonds is 12. The maximum absolute atomic E-state index is 14.0. The Hall–Kier alpha value is -2.99. The SMILES string of the molecule is C=C[C@@]1(C)CC(=O)[C@]2(O)[C@@]3(C)[C@@H](O)CCC(C)(C)[C@@H]3[C@H](O)[C@H](OC(=O)NCCCCCCNC(=O)CCc3ccc(O)cc3)[C@@]2(C)O1. The predicted molar refractivity (Wildman–Crippen MR) is 175 cm³/mol. The highest BCUT2D eigenvalue weighted by molar-refractivity contribution is 5.92. The molecule has 0 unspecified atom stereocenters. The molecule has 3 aliphatic rings. The third kappa shape index (κ3) is 6.82. The number of unbranched alkanes of at least 4 members (excludes halogenated alkanes) is 3. The molecule has 2 aliphatic carbocycles. The van der Waals surface area contributed by atoms with Crippen LogP contribution in [0, 0.1) is 16.7 Å². The number of aliphatic hydroxyl groups is 3. The third-order valence-corrected chi connectivity index (χ3v) is 11.2. The molecule has 0 radical (unpaired) electrons. The number of carbonyl (C=O) groups is 3. The number of phenolic OH excluding ortho intramolecular Hbond substituents is 1. The Labute approximate surface area is 278 Å². The number of aromatic hydroxyl groups is 1.